The number of esters is 1. The molecule has 0 aliphatic rings. The Morgan fingerprint density at radius 3 is 2.53 bits per heavy atom. The Morgan fingerprint density at radius 1 is 1.16 bits per heavy atom. The van der Waals surface area contributed by atoms with Crippen molar-refractivity contribution in [2.24, 2.45) is 0 Å². The van der Waals surface area contributed by atoms with Crippen LogP contribution in [0.15, 0.2) is 36.4 Å². The second-order valence-electron chi connectivity index (χ2n) is 4.45. The fourth-order valence-electron chi connectivity index (χ4n) is 2.07. The zero-order valence-electron chi connectivity index (χ0n) is 11.5. The summed E-state index contributed by atoms with van der Waals surface area (Å²) in [6, 6.07) is 12.0. The van der Waals surface area contributed by atoms with Gasteiger partial charge in [-0.1, -0.05) is 18.2 Å². The summed E-state index contributed by atoms with van der Waals surface area (Å²) >= 11 is 0. The quantitative estimate of drug-likeness (QED) is 0.781. The van der Waals surface area contributed by atoms with E-state index in [-0.39, 0.29) is 12.1 Å². The van der Waals surface area contributed by atoms with Crippen molar-refractivity contribution in [3.8, 4) is 5.75 Å². The molecule has 0 bridgehead atoms. The largest absolute Gasteiger partial charge is 0.494 e. The first-order chi connectivity index (χ1) is 9.10. The first kappa shape index (κ1) is 13.4. The van der Waals surface area contributed by atoms with Gasteiger partial charge in [0.2, 0.25) is 0 Å². The number of carbonyl (C=O) groups is 1. The number of rotatable bonds is 4. The van der Waals surface area contributed by atoms with Crippen LogP contribution in [0, 0.1) is 0 Å². The molecule has 1 unspecified atom stereocenters. The summed E-state index contributed by atoms with van der Waals surface area (Å²) in [6.45, 7) is 5.92. The van der Waals surface area contributed by atoms with Crippen LogP contribution in [0.1, 0.15) is 32.4 Å². The van der Waals surface area contributed by atoms with E-state index in [9.17, 15) is 4.79 Å². The van der Waals surface area contributed by atoms with Gasteiger partial charge in [0.15, 0.2) is 0 Å². The molecule has 0 spiro atoms. The molecule has 0 fully saturated rings. The minimum absolute atomic E-state index is 0.228. The molecule has 0 aromatic heterocycles. The van der Waals surface area contributed by atoms with Crippen LogP contribution in [0.2, 0.25) is 0 Å². The average molecular weight is 258 g/mol. The fraction of sp³-hybridized carbons (Fsp3) is 0.312. The van der Waals surface area contributed by atoms with Crippen molar-refractivity contribution in [1.29, 1.82) is 0 Å². The van der Waals surface area contributed by atoms with Crippen LogP contribution in [0.5, 0.6) is 5.75 Å². The van der Waals surface area contributed by atoms with E-state index in [1.807, 2.05) is 50.2 Å². The molecule has 3 heteroatoms. The van der Waals surface area contributed by atoms with Gasteiger partial charge in [-0.05, 0) is 48.4 Å². The van der Waals surface area contributed by atoms with Crippen molar-refractivity contribution in [1.82, 2.24) is 0 Å². The molecule has 19 heavy (non-hydrogen) atoms. The van der Waals surface area contributed by atoms with Gasteiger partial charge >= 0.3 is 5.97 Å². The standard InChI is InChI=1S/C16H18O3/c1-4-18-16-8-7-14-9-13(5-6-15(14)10-16)11(2)19-12(3)17/h5-11H,4H2,1-3H3. The van der Waals surface area contributed by atoms with Crippen molar-refractivity contribution in [2.45, 2.75) is 26.9 Å². The number of fused-ring (bicyclic) bond motifs is 1. The normalized spacial score (nSPS) is 12.2. The van der Waals surface area contributed by atoms with Crippen LogP contribution in [-0.2, 0) is 9.53 Å². The Balaban J connectivity index is 2.30. The summed E-state index contributed by atoms with van der Waals surface area (Å²) < 4.78 is 10.7. The van der Waals surface area contributed by atoms with E-state index in [2.05, 4.69) is 0 Å². The predicted octanol–water partition coefficient (Wildman–Crippen LogP) is 3.86. The highest BCUT2D eigenvalue weighted by atomic mass is 16.5. The van der Waals surface area contributed by atoms with E-state index < -0.39 is 0 Å². The van der Waals surface area contributed by atoms with Crippen molar-refractivity contribution in [3.05, 3.63) is 42.0 Å². The van der Waals surface area contributed by atoms with E-state index in [1.54, 1.807) is 0 Å². The van der Waals surface area contributed by atoms with Crippen LogP contribution in [0.25, 0.3) is 10.8 Å². The zero-order valence-corrected chi connectivity index (χ0v) is 11.5. The van der Waals surface area contributed by atoms with E-state index in [0.29, 0.717) is 6.61 Å². The summed E-state index contributed by atoms with van der Waals surface area (Å²) in [7, 11) is 0. The van der Waals surface area contributed by atoms with E-state index in [1.165, 1.54) is 6.92 Å². The van der Waals surface area contributed by atoms with Crippen LogP contribution in [0.3, 0.4) is 0 Å². The summed E-state index contributed by atoms with van der Waals surface area (Å²) in [4.78, 5) is 11.0. The van der Waals surface area contributed by atoms with Crippen molar-refractivity contribution in [2.75, 3.05) is 6.61 Å². The molecule has 0 saturated heterocycles. The molecule has 0 radical (unpaired) electrons. The van der Waals surface area contributed by atoms with Gasteiger partial charge in [-0.25, -0.2) is 0 Å². The van der Waals surface area contributed by atoms with Crippen molar-refractivity contribution < 1.29 is 14.3 Å². The lowest BCUT2D eigenvalue weighted by Gasteiger charge is -2.13. The van der Waals surface area contributed by atoms with Gasteiger partial charge in [0.05, 0.1) is 6.61 Å². The van der Waals surface area contributed by atoms with Gasteiger partial charge in [-0.15, -0.1) is 0 Å². The molecule has 0 aliphatic carbocycles. The lowest BCUT2D eigenvalue weighted by Crippen LogP contribution is -2.04. The summed E-state index contributed by atoms with van der Waals surface area (Å²) in [5.74, 6) is 0.607. The predicted molar refractivity (Wildman–Crippen MR) is 75.3 cm³/mol. The minimum atomic E-state index is -0.265. The van der Waals surface area contributed by atoms with Crippen LogP contribution < -0.4 is 4.74 Å². The Kier molecular flexibility index (Phi) is 4.05. The summed E-state index contributed by atoms with van der Waals surface area (Å²) in [5.41, 5.74) is 0.992. The number of carbonyl (C=O) groups excluding carboxylic acids is 1. The zero-order chi connectivity index (χ0) is 13.8. The van der Waals surface area contributed by atoms with Crippen molar-refractivity contribution >= 4 is 16.7 Å². The van der Waals surface area contributed by atoms with E-state index in [0.717, 1.165) is 22.1 Å². The van der Waals surface area contributed by atoms with E-state index in [4.69, 9.17) is 9.47 Å². The molecular formula is C16H18O3. The minimum Gasteiger partial charge on any atom is -0.494 e. The molecule has 2 aromatic rings. The average Bonchev–Trinajstić information content (AvgIpc) is 2.37. The number of hydrogen-bond donors (Lipinski definition) is 0. The maximum absolute atomic E-state index is 11.0. The number of ether oxygens (including phenoxy) is 2. The lowest BCUT2D eigenvalue weighted by atomic mass is 10.0. The topological polar surface area (TPSA) is 35.5 Å². The third kappa shape index (κ3) is 3.25. The first-order valence-corrected chi connectivity index (χ1v) is 6.44. The van der Waals surface area contributed by atoms with E-state index >= 15 is 0 Å². The van der Waals surface area contributed by atoms with Gasteiger partial charge in [0, 0.05) is 6.92 Å². The second kappa shape index (κ2) is 5.74. The molecule has 0 N–H and O–H groups in total. The molecule has 0 amide bonds. The second-order valence-corrected chi connectivity index (χ2v) is 4.45. The molecule has 2 aromatic carbocycles. The SMILES string of the molecule is CCOc1ccc2cc(C(C)OC(C)=O)ccc2c1. The highest BCUT2D eigenvalue weighted by molar-refractivity contribution is 5.84. The summed E-state index contributed by atoms with van der Waals surface area (Å²) in [5, 5.41) is 2.23. The molecule has 0 heterocycles. The van der Waals surface area contributed by atoms with Crippen LogP contribution >= 0.6 is 0 Å². The van der Waals surface area contributed by atoms with Crippen LogP contribution in [-0.4, -0.2) is 12.6 Å². The molecule has 0 saturated carbocycles. The van der Waals surface area contributed by atoms with Crippen molar-refractivity contribution in [3.63, 3.8) is 0 Å². The Labute approximate surface area is 113 Å². The van der Waals surface area contributed by atoms with Gasteiger partial charge in [0.1, 0.15) is 11.9 Å². The monoisotopic (exact) mass is 258 g/mol. The fourth-order valence-corrected chi connectivity index (χ4v) is 2.07. The van der Waals surface area contributed by atoms with Gasteiger partial charge < -0.3 is 9.47 Å². The van der Waals surface area contributed by atoms with Gasteiger partial charge in [-0.3, -0.25) is 4.79 Å². The van der Waals surface area contributed by atoms with Gasteiger partial charge in [0.25, 0.3) is 0 Å². The first-order valence-electron chi connectivity index (χ1n) is 6.44. The Hall–Kier alpha value is -2.03. The van der Waals surface area contributed by atoms with Crippen LogP contribution in [0.4, 0.5) is 0 Å². The molecular weight excluding hydrogens is 240 g/mol. The molecule has 3 nitrogen and oxygen atoms in total. The number of benzene rings is 2. The third-order valence-electron chi connectivity index (χ3n) is 2.96. The highest BCUT2D eigenvalue weighted by Gasteiger charge is 2.09. The summed E-state index contributed by atoms with van der Waals surface area (Å²) in [6.07, 6.45) is -0.228. The highest BCUT2D eigenvalue weighted by Crippen LogP contribution is 2.25. The number of hydrogen-bond acceptors (Lipinski definition) is 3. The molecule has 2 rings (SSSR count). The lowest BCUT2D eigenvalue weighted by molar-refractivity contribution is -0.145. The molecule has 0 aliphatic heterocycles. The smallest absolute Gasteiger partial charge is 0.303 e. The third-order valence-corrected chi connectivity index (χ3v) is 2.96. The Morgan fingerprint density at radius 2 is 1.84 bits per heavy atom. The maximum atomic E-state index is 11.0. The Bertz CT molecular complexity index is 590. The molecule has 1 atom stereocenters. The molecule has 100 valence electrons. The maximum Gasteiger partial charge on any atom is 0.303 e. The van der Waals surface area contributed by atoms with Gasteiger partial charge in [-0.2, -0.15) is 0 Å².